The third-order valence-electron chi connectivity index (χ3n) is 5.74. The molecule has 0 bridgehead atoms. The Labute approximate surface area is 138 Å². The van der Waals surface area contributed by atoms with Gasteiger partial charge in [0.25, 0.3) is 0 Å². The van der Waals surface area contributed by atoms with Gasteiger partial charge in [-0.15, -0.1) is 0 Å². The van der Waals surface area contributed by atoms with Gasteiger partial charge in [0.15, 0.2) is 0 Å². The summed E-state index contributed by atoms with van der Waals surface area (Å²) in [6.45, 7) is 2.00. The van der Waals surface area contributed by atoms with Crippen LogP contribution in [0.4, 0.5) is 0 Å². The first-order valence-corrected chi connectivity index (χ1v) is 8.84. The van der Waals surface area contributed by atoms with Gasteiger partial charge in [-0.05, 0) is 48.3 Å². The minimum absolute atomic E-state index is 0.643. The molecule has 2 aromatic carbocycles. The number of rotatable bonds is 2. The monoisotopic (exact) mass is 307 g/mol. The zero-order valence-electron chi connectivity index (χ0n) is 13.6. The normalized spacial score (nSPS) is 26.0. The smallest absolute Gasteiger partial charge is 0.122 e. The Hall–Kier alpha value is -1.64. The van der Waals surface area contributed by atoms with Gasteiger partial charge in [-0.25, -0.2) is 0 Å². The molecule has 1 atom stereocenters. The second-order valence-corrected chi connectivity index (χ2v) is 7.10. The van der Waals surface area contributed by atoms with E-state index in [0.29, 0.717) is 5.92 Å². The molecule has 4 rings (SSSR count). The maximum Gasteiger partial charge on any atom is 0.122 e. The van der Waals surface area contributed by atoms with E-state index >= 15 is 0 Å². The summed E-state index contributed by atoms with van der Waals surface area (Å²) in [5, 5.41) is 11.2. The Morgan fingerprint density at radius 1 is 0.870 bits per heavy atom. The van der Waals surface area contributed by atoms with E-state index < -0.39 is 5.72 Å². The lowest BCUT2D eigenvalue weighted by molar-refractivity contribution is -0.126. The number of likely N-dealkylation sites (tertiary alicyclic amines) is 1. The second-order valence-electron chi connectivity index (χ2n) is 7.10. The van der Waals surface area contributed by atoms with Crippen LogP contribution in [0.5, 0.6) is 0 Å². The van der Waals surface area contributed by atoms with Gasteiger partial charge >= 0.3 is 0 Å². The van der Waals surface area contributed by atoms with Gasteiger partial charge in [-0.1, -0.05) is 54.6 Å². The quantitative estimate of drug-likeness (QED) is 0.913. The van der Waals surface area contributed by atoms with Crippen LogP contribution >= 0.6 is 0 Å². The average Bonchev–Trinajstić information content (AvgIpc) is 2.62. The van der Waals surface area contributed by atoms with Crippen molar-refractivity contribution in [2.75, 3.05) is 13.1 Å². The van der Waals surface area contributed by atoms with Gasteiger partial charge in [-0.2, -0.15) is 0 Å². The molecule has 1 saturated heterocycles. The summed E-state index contributed by atoms with van der Waals surface area (Å²) < 4.78 is 0. The van der Waals surface area contributed by atoms with Crippen molar-refractivity contribution in [3.8, 4) is 0 Å². The first-order chi connectivity index (χ1) is 11.2. The molecule has 1 heterocycles. The van der Waals surface area contributed by atoms with Gasteiger partial charge < -0.3 is 5.11 Å². The number of aryl methyl sites for hydroxylation is 1. The molecule has 1 N–H and O–H groups in total. The zero-order valence-corrected chi connectivity index (χ0v) is 13.6. The third kappa shape index (κ3) is 2.93. The molecule has 2 nitrogen and oxygen atoms in total. The molecule has 1 fully saturated rings. The summed E-state index contributed by atoms with van der Waals surface area (Å²) in [6.07, 6.45) is 4.92. The Morgan fingerprint density at radius 3 is 2.26 bits per heavy atom. The molecule has 2 aromatic rings. The van der Waals surface area contributed by atoms with Crippen molar-refractivity contribution >= 4 is 0 Å². The van der Waals surface area contributed by atoms with E-state index in [-0.39, 0.29) is 0 Å². The van der Waals surface area contributed by atoms with Crippen LogP contribution < -0.4 is 0 Å². The molecular formula is C21H25NO. The molecule has 2 heteroatoms. The van der Waals surface area contributed by atoms with E-state index in [9.17, 15) is 5.11 Å². The molecule has 1 aliphatic heterocycles. The van der Waals surface area contributed by atoms with E-state index in [0.717, 1.165) is 45.2 Å². The number of hydrogen-bond donors (Lipinski definition) is 1. The Kier molecular flexibility index (Phi) is 3.96. The van der Waals surface area contributed by atoms with Crippen molar-refractivity contribution < 1.29 is 5.11 Å². The fourth-order valence-electron chi connectivity index (χ4n) is 4.33. The molecule has 0 aromatic heterocycles. The lowest BCUT2D eigenvalue weighted by Gasteiger charge is -2.46. The molecule has 0 saturated carbocycles. The van der Waals surface area contributed by atoms with Crippen molar-refractivity contribution in [3.63, 3.8) is 0 Å². The van der Waals surface area contributed by atoms with Gasteiger partial charge in [0.1, 0.15) is 5.72 Å². The highest BCUT2D eigenvalue weighted by Gasteiger charge is 2.39. The van der Waals surface area contributed by atoms with Crippen LogP contribution in [0, 0.1) is 0 Å². The summed E-state index contributed by atoms with van der Waals surface area (Å²) in [6, 6.07) is 19.4. The first kappa shape index (κ1) is 14.9. The van der Waals surface area contributed by atoms with Crippen molar-refractivity contribution in [1.82, 2.24) is 4.90 Å². The van der Waals surface area contributed by atoms with Gasteiger partial charge in [-0.3, -0.25) is 4.90 Å². The van der Waals surface area contributed by atoms with Crippen molar-refractivity contribution in [2.45, 2.75) is 43.7 Å². The van der Waals surface area contributed by atoms with Crippen LogP contribution in [0.1, 0.15) is 41.9 Å². The molecule has 23 heavy (non-hydrogen) atoms. The fraction of sp³-hybridized carbons (Fsp3) is 0.429. The lowest BCUT2D eigenvalue weighted by Crippen LogP contribution is -2.54. The number of hydrogen-bond acceptors (Lipinski definition) is 2. The number of aliphatic hydroxyl groups is 1. The van der Waals surface area contributed by atoms with Crippen LogP contribution in [0.15, 0.2) is 54.6 Å². The topological polar surface area (TPSA) is 23.5 Å². The molecule has 0 unspecified atom stereocenters. The lowest BCUT2D eigenvalue weighted by atomic mass is 9.82. The first-order valence-electron chi connectivity index (χ1n) is 8.84. The van der Waals surface area contributed by atoms with E-state index in [1.807, 2.05) is 0 Å². The van der Waals surface area contributed by atoms with Crippen LogP contribution in [0.25, 0.3) is 0 Å². The summed E-state index contributed by atoms with van der Waals surface area (Å²) in [4.78, 5) is 2.34. The van der Waals surface area contributed by atoms with Gasteiger partial charge in [0, 0.05) is 19.5 Å². The molecular weight excluding hydrogens is 282 g/mol. The van der Waals surface area contributed by atoms with Crippen LogP contribution in [-0.4, -0.2) is 28.8 Å². The highest BCUT2D eigenvalue weighted by atomic mass is 16.3. The van der Waals surface area contributed by atoms with E-state index in [2.05, 4.69) is 59.5 Å². The largest absolute Gasteiger partial charge is 0.375 e. The molecule has 2 aliphatic rings. The maximum atomic E-state index is 11.2. The molecule has 0 amide bonds. The third-order valence-corrected chi connectivity index (χ3v) is 5.74. The number of fused-ring (bicyclic) bond motifs is 1. The van der Waals surface area contributed by atoms with Gasteiger partial charge in [0.2, 0.25) is 0 Å². The number of benzene rings is 2. The highest BCUT2D eigenvalue weighted by Crippen LogP contribution is 2.36. The van der Waals surface area contributed by atoms with E-state index in [1.54, 1.807) is 0 Å². The standard InChI is InChI=1S/C21H25NO/c23-21(13-10-18-8-4-5-9-20(18)16-21)22-14-11-19(12-15-22)17-6-2-1-3-7-17/h1-9,19,23H,10-16H2/t21-/m1/s1. The SMILES string of the molecule is O[C@]1(N2CCC(c3ccccc3)CC2)CCc2ccccc2C1. The van der Waals surface area contributed by atoms with Crippen molar-refractivity contribution in [1.29, 1.82) is 0 Å². The molecule has 0 radical (unpaired) electrons. The number of nitrogens with zero attached hydrogens (tertiary/aromatic N) is 1. The predicted molar refractivity (Wildman–Crippen MR) is 93.4 cm³/mol. The fourth-order valence-corrected chi connectivity index (χ4v) is 4.33. The Balaban J connectivity index is 1.44. The number of piperidine rings is 1. The van der Waals surface area contributed by atoms with E-state index in [1.165, 1.54) is 16.7 Å². The minimum Gasteiger partial charge on any atom is -0.375 e. The second kappa shape index (κ2) is 6.10. The Bertz CT molecular complexity index is 661. The van der Waals surface area contributed by atoms with Crippen LogP contribution in [0.3, 0.4) is 0 Å². The minimum atomic E-state index is -0.643. The van der Waals surface area contributed by atoms with Crippen molar-refractivity contribution in [3.05, 3.63) is 71.3 Å². The maximum absolute atomic E-state index is 11.2. The van der Waals surface area contributed by atoms with Crippen LogP contribution in [0.2, 0.25) is 0 Å². The summed E-state index contributed by atoms with van der Waals surface area (Å²) in [5.74, 6) is 0.645. The summed E-state index contributed by atoms with van der Waals surface area (Å²) in [5.41, 5.74) is 3.55. The van der Waals surface area contributed by atoms with Crippen LogP contribution in [-0.2, 0) is 12.8 Å². The zero-order chi connectivity index (χ0) is 15.7. The molecule has 120 valence electrons. The Morgan fingerprint density at radius 2 is 1.52 bits per heavy atom. The van der Waals surface area contributed by atoms with Gasteiger partial charge in [0.05, 0.1) is 0 Å². The highest BCUT2D eigenvalue weighted by molar-refractivity contribution is 5.31. The predicted octanol–water partition coefficient (Wildman–Crippen LogP) is 3.74. The molecule has 0 spiro atoms. The van der Waals surface area contributed by atoms with Crippen molar-refractivity contribution in [2.24, 2.45) is 0 Å². The molecule has 1 aliphatic carbocycles. The van der Waals surface area contributed by atoms with E-state index in [4.69, 9.17) is 0 Å². The average molecular weight is 307 g/mol. The summed E-state index contributed by atoms with van der Waals surface area (Å²) in [7, 11) is 0. The summed E-state index contributed by atoms with van der Waals surface area (Å²) >= 11 is 0.